The number of rotatable bonds is 9. The Kier molecular flexibility index (Phi) is 8.14. The third-order valence-electron chi connectivity index (χ3n) is 6.85. The van der Waals surface area contributed by atoms with Crippen LogP contribution >= 0.6 is 11.6 Å². The molecule has 5 rings (SSSR count). The predicted molar refractivity (Wildman–Crippen MR) is 147 cm³/mol. The van der Waals surface area contributed by atoms with Crippen LogP contribution in [0.4, 0.5) is 0 Å². The molecule has 0 radical (unpaired) electrons. The molecule has 9 heteroatoms. The first kappa shape index (κ1) is 26.7. The highest BCUT2D eigenvalue weighted by Crippen LogP contribution is 2.27. The summed E-state index contributed by atoms with van der Waals surface area (Å²) in [6, 6.07) is 24.3. The van der Waals surface area contributed by atoms with Crippen LogP contribution in [-0.4, -0.2) is 65.7 Å². The Morgan fingerprint density at radius 2 is 1.79 bits per heavy atom. The maximum Gasteiger partial charge on any atom is 0.228 e. The lowest BCUT2D eigenvalue weighted by Gasteiger charge is -2.42. The van der Waals surface area contributed by atoms with E-state index in [4.69, 9.17) is 25.6 Å². The van der Waals surface area contributed by atoms with Gasteiger partial charge in [0.15, 0.2) is 5.58 Å². The minimum atomic E-state index is -1.03. The van der Waals surface area contributed by atoms with Crippen molar-refractivity contribution in [3.05, 3.63) is 95.1 Å². The third-order valence-corrected chi connectivity index (χ3v) is 7.10. The summed E-state index contributed by atoms with van der Waals surface area (Å²) in [5.41, 5.74) is 1.23. The molecule has 8 nitrogen and oxygen atoms in total. The number of carbonyl (C=O) groups is 2. The van der Waals surface area contributed by atoms with E-state index in [1.54, 1.807) is 41.1 Å². The minimum absolute atomic E-state index is 0.0561. The highest BCUT2D eigenvalue weighted by Gasteiger charge is 2.42. The van der Waals surface area contributed by atoms with Crippen LogP contribution in [0.5, 0.6) is 5.75 Å². The third kappa shape index (κ3) is 6.58. The van der Waals surface area contributed by atoms with Crippen LogP contribution in [0.15, 0.2) is 83.4 Å². The Morgan fingerprint density at radius 1 is 1.05 bits per heavy atom. The molecule has 1 atom stereocenters. The van der Waals surface area contributed by atoms with Gasteiger partial charge in [0.25, 0.3) is 0 Å². The zero-order valence-corrected chi connectivity index (χ0v) is 22.5. The van der Waals surface area contributed by atoms with E-state index in [1.807, 2.05) is 54.6 Å². The lowest BCUT2D eigenvalue weighted by Crippen LogP contribution is -2.58. The number of para-hydroxylation sites is 1. The van der Waals surface area contributed by atoms with E-state index in [2.05, 4.69) is 5.16 Å². The summed E-state index contributed by atoms with van der Waals surface area (Å²) in [5, 5.41) is 5.52. The van der Waals surface area contributed by atoms with Crippen LogP contribution in [0, 0.1) is 0 Å². The SMILES string of the molecule is CN(Cc1ccccc1)C(=O)CC1(COc2ccc(Cl)cc2)CN(C(=O)Cc2noc3ccccc23)CCO1. The van der Waals surface area contributed by atoms with Crippen molar-refractivity contribution in [1.29, 1.82) is 0 Å². The topological polar surface area (TPSA) is 85.1 Å². The standard InChI is InChI=1S/C30H30ClN3O5/c1-33(19-22-7-3-2-4-8-22)29(36)18-30(21-37-24-13-11-23(31)12-14-24)20-34(15-16-38-30)28(35)17-26-25-9-5-6-10-27(25)39-32-26/h2-14H,15-21H2,1H3. The van der Waals surface area contributed by atoms with E-state index in [-0.39, 0.29) is 44.4 Å². The summed E-state index contributed by atoms with van der Waals surface area (Å²) in [5.74, 6) is 0.388. The van der Waals surface area contributed by atoms with Crippen molar-refractivity contribution < 1.29 is 23.6 Å². The van der Waals surface area contributed by atoms with Gasteiger partial charge in [0.2, 0.25) is 11.8 Å². The molecule has 1 aliphatic heterocycles. The van der Waals surface area contributed by atoms with Gasteiger partial charge in [-0.3, -0.25) is 9.59 Å². The van der Waals surface area contributed by atoms with Crippen LogP contribution in [0.2, 0.25) is 5.02 Å². The van der Waals surface area contributed by atoms with E-state index >= 15 is 0 Å². The maximum atomic E-state index is 13.4. The molecule has 2 heterocycles. The minimum Gasteiger partial charge on any atom is -0.490 e. The Morgan fingerprint density at radius 3 is 2.59 bits per heavy atom. The van der Waals surface area contributed by atoms with Crippen LogP contribution in [0.25, 0.3) is 11.0 Å². The normalized spacial score (nSPS) is 17.2. The van der Waals surface area contributed by atoms with Crippen molar-refractivity contribution in [2.24, 2.45) is 0 Å². The van der Waals surface area contributed by atoms with Crippen molar-refractivity contribution in [2.45, 2.75) is 25.0 Å². The molecule has 1 aromatic heterocycles. The summed E-state index contributed by atoms with van der Waals surface area (Å²) in [7, 11) is 1.77. The highest BCUT2D eigenvalue weighted by atomic mass is 35.5. The number of morpholine rings is 1. The molecule has 1 saturated heterocycles. The number of hydrogen-bond acceptors (Lipinski definition) is 6. The van der Waals surface area contributed by atoms with Gasteiger partial charge in [-0.15, -0.1) is 0 Å². The molecule has 0 aliphatic carbocycles. The molecule has 1 aliphatic rings. The van der Waals surface area contributed by atoms with Crippen LogP contribution in [0.3, 0.4) is 0 Å². The first-order chi connectivity index (χ1) is 18.9. The zero-order valence-electron chi connectivity index (χ0n) is 21.7. The summed E-state index contributed by atoms with van der Waals surface area (Å²) < 4.78 is 17.7. The summed E-state index contributed by atoms with van der Waals surface area (Å²) in [4.78, 5) is 30.2. The molecule has 0 N–H and O–H groups in total. The number of nitrogens with zero attached hydrogens (tertiary/aromatic N) is 3. The second-order valence-electron chi connectivity index (χ2n) is 9.80. The highest BCUT2D eigenvalue weighted by molar-refractivity contribution is 6.30. The molecule has 4 aromatic rings. The Labute approximate surface area is 232 Å². The van der Waals surface area contributed by atoms with Gasteiger partial charge in [-0.25, -0.2) is 0 Å². The number of aromatic nitrogens is 1. The Balaban J connectivity index is 1.32. The summed E-state index contributed by atoms with van der Waals surface area (Å²) in [6.07, 6.45) is 0.146. The molecule has 1 fully saturated rings. The number of hydrogen-bond donors (Lipinski definition) is 0. The molecule has 0 bridgehead atoms. The van der Waals surface area contributed by atoms with Crippen molar-refractivity contribution in [3.8, 4) is 5.75 Å². The number of benzene rings is 3. The fraction of sp³-hybridized carbons (Fsp3) is 0.300. The zero-order chi connectivity index (χ0) is 27.2. The molecule has 1 unspecified atom stereocenters. The average Bonchev–Trinajstić information content (AvgIpc) is 3.36. The average molecular weight is 548 g/mol. The van der Waals surface area contributed by atoms with Gasteiger partial charge in [-0.2, -0.15) is 0 Å². The monoisotopic (exact) mass is 547 g/mol. The number of halogens is 1. The van der Waals surface area contributed by atoms with Gasteiger partial charge >= 0.3 is 0 Å². The lowest BCUT2D eigenvalue weighted by molar-refractivity contribution is -0.165. The summed E-state index contributed by atoms with van der Waals surface area (Å²) in [6.45, 7) is 1.46. The second-order valence-corrected chi connectivity index (χ2v) is 10.2. The fourth-order valence-electron chi connectivity index (χ4n) is 4.73. The second kappa shape index (κ2) is 11.9. The molecule has 2 amide bonds. The number of amides is 2. The molecular weight excluding hydrogens is 518 g/mol. The van der Waals surface area contributed by atoms with Gasteiger partial charge in [0.1, 0.15) is 23.7 Å². The van der Waals surface area contributed by atoms with E-state index in [0.717, 1.165) is 10.9 Å². The van der Waals surface area contributed by atoms with Gasteiger partial charge in [0, 0.05) is 30.5 Å². The summed E-state index contributed by atoms with van der Waals surface area (Å²) >= 11 is 6.02. The van der Waals surface area contributed by atoms with Crippen molar-refractivity contribution in [1.82, 2.24) is 15.0 Å². The smallest absolute Gasteiger partial charge is 0.228 e. The van der Waals surface area contributed by atoms with Gasteiger partial charge in [0.05, 0.1) is 26.0 Å². The molecule has 0 spiro atoms. The molecule has 3 aromatic carbocycles. The van der Waals surface area contributed by atoms with Crippen molar-refractivity contribution in [3.63, 3.8) is 0 Å². The molecular formula is C30H30ClN3O5. The Bertz CT molecular complexity index is 1430. The first-order valence-corrected chi connectivity index (χ1v) is 13.2. The van der Waals surface area contributed by atoms with Crippen LogP contribution in [0.1, 0.15) is 17.7 Å². The van der Waals surface area contributed by atoms with E-state index in [0.29, 0.717) is 35.1 Å². The van der Waals surface area contributed by atoms with Gasteiger partial charge in [-0.05, 0) is 42.0 Å². The van der Waals surface area contributed by atoms with Crippen LogP contribution < -0.4 is 4.74 Å². The molecule has 202 valence electrons. The van der Waals surface area contributed by atoms with Crippen LogP contribution in [-0.2, 0) is 27.3 Å². The number of ether oxygens (including phenoxy) is 2. The van der Waals surface area contributed by atoms with E-state index < -0.39 is 5.60 Å². The quantitative estimate of drug-likeness (QED) is 0.301. The molecule has 0 saturated carbocycles. The fourth-order valence-corrected chi connectivity index (χ4v) is 4.85. The lowest BCUT2D eigenvalue weighted by atomic mass is 9.96. The Hall–Kier alpha value is -3.88. The van der Waals surface area contributed by atoms with Gasteiger partial charge in [-0.1, -0.05) is 59.2 Å². The maximum absolute atomic E-state index is 13.4. The number of carbonyl (C=O) groups excluding carboxylic acids is 2. The number of fused-ring (bicyclic) bond motifs is 1. The largest absolute Gasteiger partial charge is 0.490 e. The van der Waals surface area contributed by atoms with E-state index in [9.17, 15) is 9.59 Å². The van der Waals surface area contributed by atoms with E-state index in [1.165, 1.54) is 0 Å². The predicted octanol–water partition coefficient (Wildman–Crippen LogP) is 4.75. The van der Waals surface area contributed by atoms with Gasteiger partial charge < -0.3 is 23.8 Å². The molecule has 39 heavy (non-hydrogen) atoms. The van der Waals surface area contributed by atoms with Crippen molar-refractivity contribution >= 4 is 34.4 Å². The first-order valence-electron chi connectivity index (χ1n) is 12.8. The van der Waals surface area contributed by atoms with Crippen molar-refractivity contribution in [2.75, 3.05) is 33.4 Å².